The zero-order chi connectivity index (χ0) is 18.1. The molecule has 5 nitrogen and oxygen atoms in total. The van der Waals surface area contributed by atoms with Crippen molar-refractivity contribution >= 4 is 17.2 Å². The Bertz CT molecular complexity index is 659. The van der Waals surface area contributed by atoms with E-state index in [0.29, 0.717) is 23.7 Å². The number of hydrogen-bond donors (Lipinski definition) is 1. The Kier molecular flexibility index (Phi) is 7.73. The second-order valence-corrected chi connectivity index (χ2v) is 6.72. The summed E-state index contributed by atoms with van der Waals surface area (Å²) in [4.78, 5) is 16.6. The summed E-state index contributed by atoms with van der Waals surface area (Å²) in [6, 6.07) is 5.39. The Morgan fingerprint density at radius 1 is 1.32 bits per heavy atom. The molecule has 0 spiro atoms. The van der Waals surface area contributed by atoms with Crippen molar-refractivity contribution in [1.29, 1.82) is 0 Å². The van der Waals surface area contributed by atoms with E-state index in [1.165, 1.54) is 24.2 Å². The highest BCUT2D eigenvalue weighted by Gasteiger charge is 2.13. The number of carbonyl (C=O) groups excluding carboxylic acids is 1. The van der Waals surface area contributed by atoms with Crippen LogP contribution in [0.15, 0.2) is 29.1 Å². The summed E-state index contributed by atoms with van der Waals surface area (Å²) in [5.41, 5.74) is 3.21. The van der Waals surface area contributed by atoms with E-state index in [-0.39, 0.29) is 11.9 Å². The van der Waals surface area contributed by atoms with E-state index in [0.717, 1.165) is 18.5 Å². The molecule has 1 aromatic carbocycles. The summed E-state index contributed by atoms with van der Waals surface area (Å²) in [5, 5.41) is 4.98. The molecule has 1 atom stereocenters. The zero-order valence-corrected chi connectivity index (χ0v) is 15.9. The fourth-order valence-electron chi connectivity index (χ4n) is 2.47. The number of hydrogen-bond acceptors (Lipinski definition) is 5. The predicted molar refractivity (Wildman–Crippen MR) is 101 cm³/mol. The highest BCUT2D eigenvalue weighted by atomic mass is 32.1. The molecule has 0 fully saturated rings. The topological polar surface area (TPSA) is 60.5 Å². The first-order chi connectivity index (χ1) is 12.1. The van der Waals surface area contributed by atoms with Crippen LogP contribution in [0, 0.1) is 0 Å². The molecule has 1 heterocycles. The van der Waals surface area contributed by atoms with E-state index in [2.05, 4.69) is 17.2 Å². The lowest BCUT2D eigenvalue weighted by molar-refractivity contribution is 0.0937. The van der Waals surface area contributed by atoms with E-state index in [1.807, 2.05) is 12.3 Å². The van der Waals surface area contributed by atoms with Gasteiger partial charge in [-0.3, -0.25) is 4.79 Å². The fraction of sp³-hybridized carbons (Fsp3) is 0.474. The Morgan fingerprint density at radius 2 is 2.16 bits per heavy atom. The number of benzene rings is 1. The van der Waals surface area contributed by atoms with Crippen molar-refractivity contribution in [2.45, 2.75) is 52.2 Å². The van der Waals surface area contributed by atoms with Gasteiger partial charge in [0, 0.05) is 17.0 Å². The number of rotatable bonds is 10. The van der Waals surface area contributed by atoms with Gasteiger partial charge in [0.2, 0.25) is 0 Å². The average molecular weight is 362 g/mol. The number of ether oxygens (including phenoxy) is 2. The third kappa shape index (κ3) is 6.05. The molecular formula is C19H26N2O3S. The average Bonchev–Trinajstić information content (AvgIpc) is 3.13. The molecule has 0 aliphatic carbocycles. The van der Waals surface area contributed by atoms with Gasteiger partial charge in [0.25, 0.3) is 5.91 Å². The van der Waals surface area contributed by atoms with E-state index in [1.54, 1.807) is 30.8 Å². The van der Waals surface area contributed by atoms with Crippen molar-refractivity contribution in [1.82, 2.24) is 10.3 Å². The third-order valence-corrected chi connectivity index (χ3v) is 4.54. The van der Waals surface area contributed by atoms with Crippen molar-refractivity contribution in [3.63, 3.8) is 0 Å². The van der Waals surface area contributed by atoms with Crippen LogP contribution >= 0.6 is 11.3 Å². The zero-order valence-electron chi connectivity index (χ0n) is 15.1. The van der Waals surface area contributed by atoms with Crippen molar-refractivity contribution in [3.8, 4) is 11.5 Å². The van der Waals surface area contributed by atoms with Crippen LogP contribution < -0.4 is 14.8 Å². The van der Waals surface area contributed by atoms with Crippen LogP contribution in [-0.4, -0.2) is 24.0 Å². The van der Waals surface area contributed by atoms with Crippen molar-refractivity contribution < 1.29 is 14.3 Å². The molecule has 0 bridgehead atoms. The number of aromatic nitrogens is 1. The number of methoxy groups -OCH3 is 1. The molecule has 0 aliphatic heterocycles. The van der Waals surface area contributed by atoms with Gasteiger partial charge in [-0.15, -0.1) is 11.3 Å². The second-order valence-electron chi connectivity index (χ2n) is 6.00. The van der Waals surface area contributed by atoms with Gasteiger partial charge in [-0.1, -0.05) is 26.2 Å². The molecule has 0 aliphatic rings. The van der Waals surface area contributed by atoms with E-state index in [9.17, 15) is 4.79 Å². The Hall–Kier alpha value is -2.08. The minimum Gasteiger partial charge on any atom is -0.493 e. The van der Waals surface area contributed by atoms with Crippen molar-refractivity contribution in [2.24, 2.45) is 0 Å². The predicted octanol–water partition coefficient (Wildman–Crippen LogP) is 4.43. The molecular weight excluding hydrogens is 336 g/mol. The van der Waals surface area contributed by atoms with Crippen LogP contribution in [-0.2, 0) is 6.61 Å². The number of carbonyl (C=O) groups is 1. The normalized spacial score (nSPS) is 11.8. The van der Waals surface area contributed by atoms with Gasteiger partial charge in [0.15, 0.2) is 11.5 Å². The number of amides is 1. The van der Waals surface area contributed by atoms with Crippen molar-refractivity contribution in [2.75, 3.05) is 7.11 Å². The maximum Gasteiger partial charge on any atom is 0.251 e. The quantitative estimate of drug-likeness (QED) is 0.635. The summed E-state index contributed by atoms with van der Waals surface area (Å²) in [7, 11) is 1.57. The Morgan fingerprint density at radius 3 is 2.84 bits per heavy atom. The minimum atomic E-state index is -0.0895. The van der Waals surface area contributed by atoms with Crippen LogP contribution in [0.4, 0.5) is 0 Å². The second kappa shape index (κ2) is 10.0. The Balaban J connectivity index is 1.95. The third-order valence-electron chi connectivity index (χ3n) is 3.90. The van der Waals surface area contributed by atoms with Gasteiger partial charge in [0.05, 0.1) is 18.3 Å². The maximum absolute atomic E-state index is 12.4. The summed E-state index contributed by atoms with van der Waals surface area (Å²) >= 11 is 1.53. The van der Waals surface area contributed by atoms with Crippen LogP contribution in [0.25, 0.3) is 0 Å². The molecule has 25 heavy (non-hydrogen) atoms. The van der Waals surface area contributed by atoms with Gasteiger partial charge in [-0.2, -0.15) is 0 Å². The lowest BCUT2D eigenvalue weighted by Crippen LogP contribution is -2.32. The molecule has 1 N–H and O–H groups in total. The first-order valence-electron chi connectivity index (χ1n) is 8.62. The molecule has 6 heteroatoms. The summed E-state index contributed by atoms with van der Waals surface area (Å²) in [6.07, 6.45) is 4.50. The molecule has 2 rings (SSSR count). The van der Waals surface area contributed by atoms with Crippen molar-refractivity contribution in [3.05, 3.63) is 40.3 Å². The number of nitrogens with zero attached hydrogens (tertiary/aromatic N) is 1. The molecule has 0 saturated carbocycles. The summed E-state index contributed by atoms with van der Waals surface area (Å²) in [5.74, 6) is 1.05. The number of thiazole rings is 1. The van der Waals surface area contributed by atoms with Gasteiger partial charge in [-0.25, -0.2) is 4.98 Å². The fourth-order valence-corrected chi connectivity index (χ4v) is 3.01. The smallest absolute Gasteiger partial charge is 0.251 e. The van der Waals surface area contributed by atoms with Gasteiger partial charge in [-0.05, 0) is 31.5 Å². The molecule has 2 aromatic rings. The SMILES string of the molecule is CCCCCC(C)NC(=O)c1ccc(OCc2cscn2)c(OC)c1. The van der Waals surface area contributed by atoms with E-state index < -0.39 is 0 Å². The number of unbranched alkanes of at least 4 members (excludes halogenated alkanes) is 2. The highest BCUT2D eigenvalue weighted by molar-refractivity contribution is 7.07. The lowest BCUT2D eigenvalue weighted by Gasteiger charge is -2.15. The van der Waals surface area contributed by atoms with Gasteiger partial charge >= 0.3 is 0 Å². The van der Waals surface area contributed by atoms with E-state index in [4.69, 9.17) is 9.47 Å². The molecule has 0 radical (unpaired) electrons. The monoisotopic (exact) mass is 362 g/mol. The van der Waals surface area contributed by atoms with Crippen LogP contribution in [0.5, 0.6) is 11.5 Å². The molecule has 1 unspecified atom stereocenters. The van der Waals surface area contributed by atoms with Gasteiger partial charge < -0.3 is 14.8 Å². The van der Waals surface area contributed by atoms with Crippen LogP contribution in [0.1, 0.15) is 55.6 Å². The largest absolute Gasteiger partial charge is 0.493 e. The van der Waals surface area contributed by atoms with Gasteiger partial charge in [0.1, 0.15) is 6.61 Å². The summed E-state index contributed by atoms with van der Waals surface area (Å²) < 4.78 is 11.1. The maximum atomic E-state index is 12.4. The molecule has 1 aromatic heterocycles. The minimum absolute atomic E-state index is 0.0895. The standard InChI is InChI=1S/C19H26N2O3S/c1-4-5-6-7-14(2)21-19(22)15-8-9-17(18(10-15)23-3)24-11-16-12-25-13-20-16/h8-10,12-14H,4-7,11H2,1-3H3,(H,21,22). The first-order valence-corrected chi connectivity index (χ1v) is 9.57. The summed E-state index contributed by atoms with van der Waals surface area (Å²) in [6.45, 7) is 4.59. The molecule has 1 amide bonds. The van der Waals surface area contributed by atoms with Crippen LogP contribution in [0.3, 0.4) is 0 Å². The molecule has 0 saturated heterocycles. The molecule has 136 valence electrons. The first kappa shape index (κ1) is 19.2. The Labute approximate surface area is 153 Å². The van der Waals surface area contributed by atoms with Crippen LogP contribution in [0.2, 0.25) is 0 Å². The number of nitrogens with one attached hydrogen (secondary N) is 1. The van der Waals surface area contributed by atoms with E-state index >= 15 is 0 Å². The highest BCUT2D eigenvalue weighted by Crippen LogP contribution is 2.29. The lowest BCUT2D eigenvalue weighted by atomic mass is 10.1.